The van der Waals surface area contributed by atoms with Crippen LogP contribution in [0.4, 0.5) is 0 Å². The SMILES string of the molecule is C=C(C)C(=O)Oc1cc2ccc(=O)oc2cc1OC. The zero-order chi connectivity index (χ0) is 14.0. The molecule has 0 aliphatic heterocycles. The molecule has 2 aromatic rings. The molecule has 0 spiro atoms. The van der Waals surface area contributed by atoms with Crippen LogP contribution < -0.4 is 15.1 Å². The number of benzene rings is 1. The zero-order valence-corrected chi connectivity index (χ0v) is 10.6. The molecule has 1 heterocycles. The number of hydrogen-bond acceptors (Lipinski definition) is 5. The van der Waals surface area contributed by atoms with E-state index in [1.807, 2.05) is 0 Å². The Morgan fingerprint density at radius 3 is 2.63 bits per heavy atom. The molecule has 0 saturated carbocycles. The van der Waals surface area contributed by atoms with Gasteiger partial charge in [-0.05, 0) is 19.1 Å². The lowest BCUT2D eigenvalue weighted by molar-refractivity contribution is -0.130. The predicted octanol–water partition coefficient (Wildman–Crippen LogP) is 2.28. The second-order valence-electron chi connectivity index (χ2n) is 3.97. The fourth-order valence-electron chi connectivity index (χ4n) is 1.50. The molecule has 0 fully saturated rings. The lowest BCUT2D eigenvalue weighted by Gasteiger charge is -2.09. The molecule has 0 amide bonds. The Balaban J connectivity index is 2.54. The zero-order valence-electron chi connectivity index (χ0n) is 10.6. The molecular formula is C14H12O5. The van der Waals surface area contributed by atoms with E-state index >= 15 is 0 Å². The highest BCUT2D eigenvalue weighted by atomic mass is 16.6. The highest BCUT2D eigenvalue weighted by Gasteiger charge is 2.13. The van der Waals surface area contributed by atoms with Crippen molar-refractivity contribution in [3.8, 4) is 11.5 Å². The van der Waals surface area contributed by atoms with Crippen molar-refractivity contribution in [2.45, 2.75) is 6.92 Å². The van der Waals surface area contributed by atoms with Crippen molar-refractivity contribution >= 4 is 16.9 Å². The van der Waals surface area contributed by atoms with Crippen LogP contribution >= 0.6 is 0 Å². The van der Waals surface area contributed by atoms with Crippen LogP contribution in [-0.4, -0.2) is 13.1 Å². The summed E-state index contributed by atoms with van der Waals surface area (Å²) < 4.78 is 15.3. The van der Waals surface area contributed by atoms with Crippen LogP contribution in [-0.2, 0) is 4.79 Å². The summed E-state index contributed by atoms with van der Waals surface area (Å²) in [5.41, 5.74) is 0.183. The van der Waals surface area contributed by atoms with E-state index < -0.39 is 11.6 Å². The number of carbonyl (C=O) groups is 1. The minimum absolute atomic E-state index is 0.247. The number of fused-ring (bicyclic) bond motifs is 1. The highest BCUT2D eigenvalue weighted by molar-refractivity contribution is 5.90. The topological polar surface area (TPSA) is 65.7 Å². The van der Waals surface area contributed by atoms with Gasteiger partial charge in [-0.3, -0.25) is 0 Å². The smallest absolute Gasteiger partial charge is 0.338 e. The van der Waals surface area contributed by atoms with Crippen LogP contribution in [0.3, 0.4) is 0 Å². The first-order chi connectivity index (χ1) is 9.01. The highest BCUT2D eigenvalue weighted by Crippen LogP contribution is 2.32. The van der Waals surface area contributed by atoms with Gasteiger partial charge in [0.1, 0.15) is 5.58 Å². The summed E-state index contributed by atoms with van der Waals surface area (Å²) >= 11 is 0. The van der Waals surface area contributed by atoms with Crippen LogP contribution in [0, 0.1) is 0 Å². The van der Waals surface area contributed by atoms with E-state index in [-0.39, 0.29) is 11.3 Å². The fourth-order valence-corrected chi connectivity index (χ4v) is 1.50. The van der Waals surface area contributed by atoms with Crippen LogP contribution in [0.5, 0.6) is 11.5 Å². The van der Waals surface area contributed by atoms with Gasteiger partial charge in [-0.2, -0.15) is 0 Å². The molecular weight excluding hydrogens is 248 g/mol. The van der Waals surface area contributed by atoms with Gasteiger partial charge in [0, 0.05) is 23.1 Å². The summed E-state index contributed by atoms with van der Waals surface area (Å²) in [6.07, 6.45) is 0. The molecule has 0 unspecified atom stereocenters. The first-order valence-corrected chi connectivity index (χ1v) is 5.51. The van der Waals surface area contributed by atoms with Gasteiger partial charge in [-0.1, -0.05) is 6.58 Å². The Labute approximate surface area is 109 Å². The third-order valence-electron chi connectivity index (χ3n) is 2.46. The van der Waals surface area contributed by atoms with Crippen molar-refractivity contribution in [3.05, 3.63) is 46.8 Å². The van der Waals surface area contributed by atoms with Gasteiger partial charge >= 0.3 is 11.6 Å². The summed E-state index contributed by atoms with van der Waals surface area (Å²) in [5, 5.41) is 0.630. The number of carbonyl (C=O) groups excluding carboxylic acids is 1. The number of esters is 1. The van der Waals surface area contributed by atoms with E-state index in [0.29, 0.717) is 16.7 Å². The number of ether oxygens (including phenoxy) is 2. The Hall–Kier alpha value is -2.56. The van der Waals surface area contributed by atoms with Crippen molar-refractivity contribution < 1.29 is 18.7 Å². The van der Waals surface area contributed by atoms with Gasteiger partial charge in [-0.25, -0.2) is 9.59 Å². The summed E-state index contributed by atoms with van der Waals surface area (Å²) in [6.45, 7) is 5.06. The Morgan fingerprint density at radius 1 is 1.26 bits per heavy atom. The molecule has 19 heavy (non-hydrogen) atoms. The summed E-state index contributed by atoms with van der Waals surface area (Å²) in [5.74, 6) is 0.00309. The maximum atomic E-state index is 11.5. The van der Waals surface area contributed by atoms with Crippen LogP contribution in [0.1, 0.15) is 6.92 Å². The number of rotatable bonds is 3. The average molecular weight is 260 g/mol. The molecule has 0 atom stereocenters. The third kappa shape index (κ3) is 2.65. The molecule has 0 aliphatic carbocycles. The predicted molar refractivity (Wildman–Crippen MR) is 69.5 cm³/mol. The molecule has 1 aromatic heterocycles. The third-order valence-corrected chi connectivity index (χ3v) is 2.46. The second-order valence-corrected chi connectivity index (χ2v) is 3.97. The second kappa shape index (κ2) is 4.97. The maximum Gasteiger partial charge on any atom is 0.338 e. The van der Waals surface area contributed by atoms with Gasteiger partial charge in [-0.15, -0.1) is 0 Å². The molecule has 5 heteroatoms. The van der Waals surface area contributed by atoms with Crippen LogP contribution in [0.25, 0.3) is 11.0 Å². The molecule has 5 nitrogen and oxygen atoms in total. The molecule has 0 aliphatic rings. The van der Waals surface area contributed by atoms with E-state index in [4.69, 9.17) is 13.9 Å². The molecule has 0 saturated heterocycles. The van der Waals surface area contributed by atoms with Crippen molar-refractivity contribution in [1.82, 2.24) is 0 Å². The normalized spacial score (nSPS) is 10.2. The largest absolute Gasteiger partial charge is 0.493 e. The van der Waals surface area contributed by atoms with Gasteiger partial charge in [0.05, 0.1) is 7.11 Å². The lowest BCUT2D eigenvalue weighted by Crippen LogP contribution is -2.09. The summed E-state index contributed by atoms with van der Waals surface area (Å²) in [7, 11) is 1.43. The van der Waals surface area contributed by atoms with Crippen molar-refractivity contribution in [2.75, 3.05) is 7.11 Å². The lowest BCUT2D eigenvalue weighted by atomic mass is 10.2. The van der Waals surface area contributed by atoms with E-state index in [2.05, 4.69) is 6.58 Å². The first-order valence-electron chi connectivity index (χ1n) is 5.51. The quantitative estimate of drug-likeness (QED) is 0.366. The summed E-state index contributed by atoms with van der Waals surface area (Å²) in [6, 6.07) is 5.94. The molecule has 1 aromatic carbocycles. The Bertz CT molecular complexity index is 711. The van der Waals surface area contributed by atoms with E-state index in [0.717, 1.165) is 0 Å². The number of hydrogen-bond donors (Lipinski definition) is 0. The first kappa shape index (κ1) is 12.9. The van der Waals surface area contributed by atoms with Gasteiger partial charge in [0.25, 0.3) is 0 Å². The van der Waals surface area contributed by atoms with Gasteiger partial charge in [0.15, 0.2) is 11.5 Å². The van der Waals surface area contributed by atoms with Crippen LogP contribution in [0.2, 0.25) is 0 Å². The average Bonchev–Trinajstić information content (AvgIpc) is 2.38. The number of methoxy groups -OCH3 is 1. The molecule has 0 bridgehead atoms. The minimum Gasteiger partial charge on any atom is -0.493 e. The van der Waals surface area contributed by atoms with Crippen molar-refractivity contribution in [1.29, 1.82) is 0 Å². The maximum absolute atomic E-state index is 11.5. The Kier molecular flexibility index (Phi) is 3.37. The Morgan fingerprint density at radius 2 is 2.00 bits per heavy atom. The van der Waals surface area contributed by atoms with E-state index in [1.54, 1.807) is 19.1 Å². The molecule has 0 N–H and O–H groups in total. The summed E-state index contributed by atoms with van der Waals surface area (Å²) in [4.78, 5) is 22.7. The van der Waals surface area contributed by atoms with Gasteiger partial charge in [0.2, 0.25) is 0 Å². The van der Waals surface area contributed by atoms with Crippen molar-refractivity contribution in [3.63, 3.8) is 0 Å². The van der Waals surface area contributed by atoms with Crippen molar-refractivity contribution in [2.24, 2.45) is 0 Å². The van der Waals surface area contributed by atoms with Crippen LogP contribution in [0.15, 0.2) is 45.6 Å². The molecule has 2 rings (SSSR count). The standard InChI is InChI=1S/C14H12O5/c1-8(2)14(16)19-12-6-9-4-5-13(15)18-10(9)7-11(12)17-3/h4-7H,1H2,2-3H3. The minimum atomic E-state index is -0.546. The van der Waals surface area contributed by atoms with E-state index in [1.165, 1.54) is 19.2 Å². The van der Waals surface area contributed by atoms with E-state index in [9.17, 15) is 9.59 Å². The molecule has 0 radical (unpaired) electrons. The molecule has 98 valence electrons. The fraction of sp³-hybridized carbons (Fsp3) is 0.143. The van der Waals surface area contributed by atoms with Gasteiger partial charge < -0.3 is 13.9 Å². The monoisotopic (exact) mass is 260 g/mol.